The van der Waals surface area contributed by atoms with Crippen molar-refractivity contribution in [2.75, 3.05) is 0 Å². The number of hydrogen-bond donors (Lipinski definition) is 0. The molecule has 21 heavy (non-hydrogen) atoms. The highest BCUT2D eigenvalue weighted by atomic mass is 32.2. The first-order chi connectivity index (χ1) is 9.53. The Morgan fingerprint density at radius 1 is 1.33 bits per heavy atom. The maximum atomic E-state index is 12.3. The van der Waals surface area contributed by atoms with Gasteiger partial charge in [-0.1, -0.05) is 19.0 Å². The Labute approximate surface area is 118 Å². The number of fused-ring (bicyclic) bond motifs is 1. The van der Waals surface area contributed by atoms with Crippen molar-refractivity contribution in [3.8, 4) is 5.88 Å². The van der Waals surface area contributed by atoms with Gasteiger partial charge in [0, 0.05) is 6.07 Å². The van der Waals surface area contributed by atoms with E-state index in [4.69, 9.17) is 4.52 Å². The lowest BCUT2D eigenvalue weighted by Crippen LogP contribution is -2.28. The Morgan fingerprint density at radius 3 is 2.48 bits per heavy atom. The minimum atomic E-state index is -5.78. The Hall–Kier alpha value is -1.84. The Kier molecular flexibility index (Phi) is 3.60. The fourth-order valence-electron chi connectivity index (χ4n) is 1.76. The summed E-state index contributed by atoms with van der Waals surface area (Å²) in [6.45, 7) is 5.21. The van der Waals surface area contributed by atoms with Gasteiger partial charge in [0.05, 0.1) is 11.1 Å². The standard InChI is InChI=1S/C11H11F3N2O4S/c1-5(2)7-4-8(20-21(17,18)11(12,13)14)15-10-9(7)6(3)16-19-10/h4-5H,1-3H3. The topological polar surface area (TPSA) is 82.3 Å². The van der Waals surface area contributed by atoms with Crippen LogP contribution >= 0.6 is 0 Å². The molecule has 0 radical (unpaired) electrons. The van der Waals surface area contributed by atoms with E-state index >= 15 is 0 Å². The van der Waals surface area contributed by atoms with Crippen LogP contribution in [-0.2, 0) is 10.1 Å². The number of rotatable bonds is 3. The van der Waals surface area contributed by atoms with E-state index in [1.807, 2.05) is 0 Å². The fraction of sp³-hybridized carbons (Fsp3) is 0.455. The van der Waals surface area contributed by atoms with Crippen LogP contribution in [0.25, 0.3) is 11.1 Å². The van der Waals surface area contributed by atoms with Gasteiger partial charge in [0.25, 0.3) is 5.71 Å². The van der Waals surface area contributed by atoms with Crippen LogP contribution in [0.1, 0.15) is 31.0 Å². The second kappa shape index (κ2) is 4.86. The predicted octanol–water partition coefficient (Wildman–Crippen LogP) is 2.88. The van der Waals surface area contributed by atoms with E-state index in [0.717, 1.165) is 6.07 Å². The smallest absolute Gasteiger partial charge is 0.355 e. The summed E-state index contributed by atoms with van der Waals surface area (Å²) in [5, 5.41) is 4.19. The van der Waals surface area contributed by atoms with Gasteiger partial charge in [-0.15, -0.1) is 0 Å². The number of pyridine rings is 1. The molecule has 0 spiro atoms. The molecule has 0 aliphatic rings. The number of aryl methyl sites for hydroxylation is 1. The van der Waals surface area contributed by atoms with Crippen LogP contribution in [0.3, 0.4) is 0 Å². The summed E-state index contributed by atoms with van der Waals surface area (Å²) in [5.74, 6) is -0.829. The van der Waals surface area contributed by atoms with Crippen LogP contribution in [0.5, 0.6) is 5.88 Å². The van der Waals surface area contributed by atoms with Gasteiger partial charge in [0.2, 0.25) is 5.88 Å². The number of halogens is 3. The zero-order valence-corrected chi connectivity index (χ0v) is 12.0. The molecule has 0 saturated heterocycles. The van der Waals surface area contributed by atoms with E-state index in [1.165, 1.54) is 0 Å². The minimum absolute atomic E-state index is 0.0777. The van der Waals surface area contributed by atoms with Gasteiger partial charge < -0.3 is 8.71 Å². The van der Waals surface area contributed by atoms with Crippen LogP contribution in [0.2, 0.25) is 0 Å². The van der Waals surface area contributed by atoms with Gasteiger partial charge >= 0.3 is 15.6 Å². The largest absolute Gasteiger partial charge is 0.534 e. The molecule has 0 aromatic carbocycles. The summed E-state index contributed by atoms with van der Waals surface area (Å²) in [6.07, 6.45) is 0. The maximum absolute atomic E-state index is 12.3. The Morgan fingerprint density at radius 2 is 1.95 bits per heavy atom. The molecule has 0 amide bonds. The summed E-state index contributed by atoms with van der Waals surface area (Å²) in [6, 6.07) is 1.14. The van der Waals surface area contributed by atoms with Crippen LogP contribution in [0.4, 0.5) is 13.2 Å². The van der Waals surface area contributed by atoms with E-state index in [2.05, 4.69) is 14.3 Å². The molecule has 0 saturated carbocycles. The highest BCUT2D eigenvalue weighted by Crippen LogP contribution is 2.32. The Bertz CT molecular complexity index is 781. The average Bonchev–Trinajstić information content (AvgIpc) is 2.68. The molecule has 10 heteroatoms. The molecule has 116 valence electrons. The lowest BCUT2D eigenvalue weighted by molar-refractivity contribution is -0.0501. The molecular formula is C11H11F3N2O4S. The summed E-state index contributed by atoms with van der Waals surface area (Å²) in [7, 11) is -5.78. The third-order valence-corrected chi connectivity index (χ3v) is 3.68. The summed E-state index contributed by atoms with van der Waals surface area (Å²) >= 11 is 0. The van der Waals surface area contributed by atoms with Crippen molar-refractivity contribution in [1.29, 1.82) is 0 Å². The highest BCUT2D eigenvalue weighted by Gasteiger charge is 2.49. The maximum Gasteiger partial charge on any atom is 0.534 e. The number of alkyl halides is 3. The van der Waals surface area contributed by atoms with Crippen LogP contribution in [0, 0.1) is 6.92 Å². The van der Waals surface area contributed by atoms with Gasteiger partial charge in [0.1, 0.15) is 0 Å². The van der Waals surface area contributed by atoms with E-state index in [1.54, 1.807) is 20.8 Å². The third kappa shape index (κ3) is 2.80. The molecule has 0 fully saturated rings. The normalized spacial score (nSPS) is 13.1. The SMILES string of the molecule is Cc1noc2nc(OS(=O)(=O)C(F)(F)F)cc(C(C)C)c12. The number of nitrogens with zero attached hydrogens (tertiary/aromatic N) is 2. The zero-order chi connectivity index (χ0) is 16.0. The molecule has 0 atom stereocenters. The van der Waals surface area contributed by atoms with Gasteiger partial charge in [-0.05, 0) is 18.4 Å². The first kappa shape index (κ1) is 15.5. The van der Waals surface area contributed by atoms with E-state index in [0.29, 0.717) is 16.6 Å². The lowest BCUT2D eigenvalue weighted by atomic mass is 10.0. The van der Waals surface area contributed by atoms with E-state index in [9.17, 15) is 21.6 Å². The lowest BCUT2D eigenvalue weighted by Gasteiger charge is -2.11. The van der Waals surface area contributed by atoms with Gasteiger partial charge in [0.15, 0.2) is 0 Å². The molecule has 6 nitrogen and oxygen atoms in total. The summed E-state index contributed by atoms with van der Waals surface area (Å²) in [5.41, 5.74) is -4.57. The number of aromatic nitrogens is 2. The molecule has 2 aromatic rings. The van der Waals surface area contributed by atoms with Crippen molar-refractivity contribution >= 4 is 21.2 Å². The Balaban J connectivity index is 2.57. The van der Waals surface area contributed by atoms with Crippen LogP contribution in [0.15, 0.2) is 10.6 Å². The quantitative estimate of drug-likeness (QED) is 0.638. The van der Waals surface area contributed by atoms with Crippen molar-refractivity contribution in [3.63, 3.8) is 0 Å². The van der Waals surface area contributed by atoms with Crippen LogP contribution in [-0.4, -0.2) is 24.1 Å². The second-order valence-electron chi connectivity index (χ2n) is 4.64. The molecule has 0 aliphatic heterocycles. The first-order valence-corrected chi connectivity index (χ1v) is 7.21. The third-order valence-electron chi connectivity index (χ3n) is 2.72. The minimum Gasteiger partial charge on any atom is -0.355 e. The molecule has 0 N–H and O–H groups in total. The monoisotopic (exact) mass is 324 g/mol. The zero-order valence-electron chi connectivity index (χ0n) is 11.2. The van der Waals surface area contributed by atoms with Gasteiger partial charge in [-0.2, -0.15) is 26.6 Å². The fourth-order valence-corrected chi connectivity index (χ4v) is 2.17. The second-order valence-corrected chi connectivity index (χ2v) is 6.17. The van der Waals surface area contributed by atoms with E-state index < -0.39 is 21.5 Å². The molecule has 2 heterocycles. The van der Waals surface area contributed by atoms with Crippen molar-refractivity contribution in [2.24, 2.45) is 0 Å². The highest BCUT2D eigenvalue weighted by molar-refractivity contribution is 7.87. The van der Waals surface area contributed by atoms with Crippen molar-refractivity contribution in [2.45, 2.75) is 32.2 Å². The number of hydrogen-bond acceptors (Lipinski definition) is 6. The summed E-state index contributed by atoms with van der Waals surface area (Å²) in [4.78, 5) is 3.61. The van der Waals surface area contributed by atoms with Crippen LogP contribution < -0.4 is 4.18 Å². The first-order valence-electron chi connectivity index (χ1n) is 5.80. The molecule has 2 rings (SSSR count). The molecule has 0 unspecified atom stereocenters. The van der Waals surface area contributed by atoms with Gasteiger partial charge in [-0.3, -0.25) is 0 Å². The van der Waals surface area contributed by atoms with Crippen molar-refractivity contribution in [1.82, 2.24) is 10.1 Å². The molecule has 2 aromatic heterocycles. The molecular weight excluding hydrogens is 313 g/mol. The molecule has 0 bridgehead atoms. The van der Waals surface area contributed by atoms with Gasteiger partial charge in [-0.25, -0.2) is 0 Å². The van der Waals surface area contributed by atoms with E-state index in [-0.39, 0.29) is 11.6 Å². The summed E-state index contributed by atoms with van der Waals surface area (Å²) < 4.78 is 67.9. The van der Waals surface area contributed by atoms with Crippen molar-refractivity contribution < 1.29 is 30.3 Å². The predicted molar refractivity (Wildman–Crippen MR) is 66.2 cm³/mol. The molecule has 0 aliphatic carbocycles. The average molecular weight is 324 g/mol. The van der Waals surface area contributed by atoms with Crippen molar-refractivity contribution in [3.05, 3.63) is 17.3 Å².